The van der Waals surface area contributed by atoms with Gasteiger partial charge >= 0.3 is 5.97 Å². The molecule has 2 aliphatic rings. The molecule has 0 bridgehead atoms. The van der Waals surface area contributed by atoms with E-state index in [1.165, 1.54) is 64.5 Å². The highest BCUT2D eigenvalue weighted by atomic mass is 16.4. The van der Waals surface area contributed by atoms with Gasteiger partial charge < -0.3 is 10.0 Å². The van der Waals surface area contributed by atoms with Gasteiger partial charge in [-0.3, -0.25) is 9.69 Å². The van der Waals surface area contributed by atoms with Gasteiger partial charge in [0.25, 0.3) is 0 Å². The summed E-state index contributed by atoms with van der Waals surface area (Å²) in [7, 11) is 1.96. The Morgan fingerprint density at radius 3 is 2.45 bits per heavy atom. The zero-order valence-electron chi connectivity index (χ0n) is 14.3. The topological polar surface area (TPSA) is 43.8 Å². The van der Waals surface area contributed by atoms with Crippen molar-refractivity contribution in [3.05, 3.63) is 0 Å². The molecule has 0 radical (unpaired) electrons. The molecular formula is C18H34N2O2. The molecular weight excluding hydrogens is 276 g/mol. The number of aliphatic carboxylic acids is 1. The molecule has 1 saturated carbocycles. The van der Waals surface area contributed by atoms with Crippen molar-refractivity contribution >= 4 is 5.97 Å². The van der Waals surface area contributed by atoms with Crippen LogP contribution in [0.4, 0.5) is 0 Å². The number of carbonyl (C=O) groups is 1. The van der Waals surface area contributed by atoms with Crippen molar-refractivity contribution in [2.24, 2.45) is 5.92 Å². The molecule has 4 nitrogen and oxygen atoms in total. The van der Waals surface area contributed by atoms with Crippen LogP contribution in [0, 0.1) is 5.92 Å². The van der Waals surface area contributed by atoms with E-state index in [0.717, 1.165) is 25.3 Å². The highest BCUT2D eigenvalue weighted by Crippen LogP contribution is 2.26. The van der Waals surface area contributed by atoms with Gasteiger partial charge in [-0.15, -0.1) is 0 Å². The van der Waals surface area contributed by atoms with Gasteiger partial charge in [-0.05, 0) is 58.3 Å². The number of hydrogen-bond acceptors (Lipinski definition) is 3. The van der Waals surface area contributed by atoms with Crippen molar-refractivity contribution in [3.63, 3.8) is 0 Å². The van der Waals surface area contributed by atoms with E-state index < -0.39 is 5.97 Å². The summed E-state index contributed by atoms with van der Waals surface area (Å²) in [6.07, 6.45) is 13.5. The monoisotopic (exact) mass is 310 g/mol. The molecule has 1 atom stereocenters. The molecule has 2 fully saturated rings. The Balaban J connectivity index is 1.69. The van der Waals surface area contributed by atoms with E-state index in [4.69, 9.17) is 5.11 Å². The standard InChI is InChI=1S/C18H34N2O2/c1-19(15-18(21)22)17-9-6-12-20(14-11-17)13-10-16-7-4-2-3-5-8-16/h16-17H,2-15H2,1H3,(H,21,22). The first-order chi connectivity index (χ1) is 10.6. The average molecular weight is 310 g/mol. The lowest BCUT2D eigenvalue weighted by molar-refractivity contribution is -0.138. The SMILES string of the molecule is CN(CC(=O)O)C1CCCN(CCC2CCCCCC2)CC1. The molecule has 0 aromatic rings. The first kappa shape index (κ1) is 17.7. The quantitative estimate of drug-likeness (QED) is 0.765. The van der Waals surface area contributed by atoms with Crippen LogP contribution in [0.15, 0.2) is 0 Å². The van der Waals surface area contributed by atoms with E-state index in [-0.39, 0.29) is 6.54 Å². The third-order valence-electron chi connectivity index (χ3n) is 5.63. The molecule has 1 saturated heterocycles. The minimum Gasteiger partial charge on any atom is -0.480 e. The maximum Gasteiger partial charge on any atom is 0.317 e. The normalized spacial score (nSPS) is 25.8. The minimum atomic E-state index is -0.711. The fraction of sp³-hybridized carbons (Fsp3) is 0.944. The van der Waals surface area contributed by atoms with Crippen LogP contribution in [0.25, 0.3) is 0 Å². The molecule has 0 amide bonds. The van der Waals surface area contributed by atoms with E-state index in [0.29, 0.717) is 6.04 Å². The number of likely N-dealkylation sites (N-methyl/N-ethyl adjacent to an activating group) is 1. The fourth-order valence-electron chi connectivity index (χ4n) is 4.16. The second-order valence-corrected chi connectivity index (χ2v) is 7.38. The third kappa shape index (κ3) is 6.25. The summed E-state index contributed by atoms with van der Waals surface area (Å²) in [5.74, 6) is 0.244. The number of nitrogens with zero attached hydrogens (tertiary/aromatic N) is 2. The summed E-state index contributed by atoms with van der Waals surface area (Å²) in [6.45, 7) is 3.76. The first-order valence-corrected chi connectivity index (χ1v) is 9.29. The van der Waals surface area contributed by atoms with Crippen LogP contribution in [-0.4, -0.2) is 60.1 Å². The van der Waals surface area contributed by atoms with Crippen molar-refractivity contribution in [2.45, 2.75) is 70.3 Å². The Morgan fingerprint density at radius 1 is 1.05 bits per heavy atom. The molecule has 1 N–H and O–H groups in total. The molecule has 1 aliphatic heterocycles. The van der Waals surface area contributed by atoms with Crippen LogP contribution in [0.1, 0.15) is 64.2 Å². The van der Waals surface area contributed by atoms with Crippen molar-refractivity contribution < 1.29 is 9.90 Å². The smallest absolute Gasteiger partial charge is 0.317 e. The lowest BCUT2D eigenvalue weighted by Gasteiger charge is -2.26. The Kier molecular flexibility index (Phi) is 7.67. The van der Waals surface area contributed by atoms with Gasteiger partial charge in [0.15, 0.2) is 0 Å². The van der Waals surface area contributed by atoms with E-state index >= 15 is 0 Å². The van der Waals surface area contributed by atoms with E-state index in [2.05, 4.69) is 4.90 Å². The van der Waals surface area contributed by atoms with Crippen molar-refractivity contribution in [3.8, 4) is 0 Å². The zero-order chi connectivity index (χ0) is 15.8. The van der Waals surface area contributed by atoms with Gasteiger partial charge in [-0.2, -0.15) is 0 Å². The van der Waals surface area contributed by atoms with Crippen molar-refractivity contribution in [1.82, 2.24) is 9.80 Å². The van der Waals surface area contributed by atoms with Gasteiger partial charge in [-0.25, -0.2) is 0 Å². The summed E-state index contributed by atoms with van der Waals surface area (Å²) in [6, 6.07) is 0.444. The summed E-state index contributed by atoms with van der Waals surface area (Å²) >= 11 is 0. The Bertz CT molecular complexity index is 327. The van der Waals surface area contributed by atoms with Crippen LogP contribution in [0.5, 0.6) is 0 Å². The third-order valence-corrected chi connectivity index (χ3v) is 5.63. The van der Waals surface area contributed by atoms with Gasteiger partial charge in [0.1, 0.15) is 0 Å². The predicted octanol–water partition coefficient (Wildman–Crippen LogP) is 3.22. The second-order valence-electron chi connectivity index (χ2n) is 7.38. The van der Waals surface area contributed by atoms with Gasteiger partial charge in [0.05, 0.1) is 6.54 Å². The van der Waals surface area contributed by atoms with Crippen LogP contribution in [0.3, 0.4) is 0 Å². The number of carboxylic acids is 1. The fourth-order valence-corrected chi connectivity index (χ4v) is 4.16. The summed E-state index contributed by atoms with van der Waals surface area (Å²) < 4.78 is 0. The maximum atomic E-state index is 10.9. The van der Waals surface area contributed by atoms with Crippen molar-refractivity contribution in [1.29, 1.82) is 0 Å². The molecule has 0 spiro atoms. The first-order valence-electron chi connectivity index (χ1n) is 9.29. The van der Waals surface area contributed by atoms with Gasteiger partial charge in [-0.1, -0.05) is 38.5 Å². The minimum absolute atomic E-state index is 0.173. The van der Waals surface area contributed by atoms with Crippen LogP contribution in [0.2, 0.25) is 0 Å². The molecule has 0 aromatic heterocycles. The molecule has 1 heterocycles. The molecule has 1 aliphatic carbocycles. The zero-order valence-corrected chi connectivity index (χ0v) is 14.3. The predicted molar refractivity (Wildman–Crippen MR) is 90.2 cm³/mol. The Morgan fingerprint density at radius 2 is 1.77 bits per heavy atom. The summed E-state index contributed by atoms with van der Waals surface area (Å²) in [5.41, 5.74) is 0. The second kappa shape index (κ2) is 9.51. The van der Waals surface area contributed by atoms with Crippen LogP contribution < -0.4 is 0 Å². The van der Waals surface area contributed by atoms with Crippen LogP contribution >= 0.6 is 0 Å². The van der Waals surface area contributed by atoms with Gasteiger partial charge in [0, 0.05) is 6.04 Å². The Hall–Kier alpha value is -0.610. The number of carboxylic acid groups (broad SMARTS) is 1. The van der Waals surface area contributed by atoms with Gasteiger partial charge in [0.2, 0.25) is 0 Å². The maximum absolute atomic E-state index is 10.9. The average Bonchev–Trinajstić information content (AvgIpc) is 2.87. The van der Waals surface area contributed by atoms with E-state index in [1.54, 1.807) is 0 Å². The number of rotatable bonds is 6. The summed E-state index contributed by atoms with van der Waals surface area (Å²) in [5, 5.41) is 8.94. The number of likely N-dealkylation sites (tertiary alicyclic amines) is 1. The lowest BCUT2D eigenvalue weighted by Crippen LogP contribution is -2.36. The Labute approximate surface area is 135 Å². The molecule has 2 rings (SSSR count). The van der Waals surface area contributed by atoms with Crippen LogP contribution in [-0.2, 0) is 4.79 Å². The van der Waals surface area contributed by atoms with E-state index in [1.807, 2.05) is 11.9 Å². The molecule has 128 valence electrons. The van der Waals surface area contributed by atoms with Crippen molar-refractivity contribution in [2.75, 3.05) is 33.2 Å². The lowest BCUT2D eigenvalue weighted by atomic mass is 9.96. The highest BCUT2D eigenvalue weighted by molar-refractivity contribution is 5.69. The highest BCUT2D eigenvalue weighted by Gasteiger charge is 2.22. The summed E-state index contributed by atoms with van der Waals surface area (Å²) in [4.78, 5) is 15.5. The molecule has 0 aromatic carbocycles. The number of hydrogen-bond donors (Lipinski definition) is 1. The van der Waals surface area contributed by atoms with E-state index in [9.17, 15) is 4.79 Å². The largest absolute Gasteiger partial charge is 0.480 e. The molecule has 1 unspecified atom stereocenters. The molecule has 4 heteroatoms. The molecule has 22 heavy (non-hydrogen) atoms.